The third-order valence-electron chi connectivity index (χ3n) is 4.89. The number of rotatable bonds is 10. The molecule has 0 amide bonds. The van der Waals surface area contributed by atoms with E-state index in [2.05, 4.69) is 68.5 Å². The zero-order chi connectivity index (χ0) is 21.0. The molecule has 158 valence electrons. The highest BCUT2D eigenvalue weighted by atomic mass is 16.5. The van der Waals surface area contributed by atoms with Gasteiger partial charge in [-0.05, 0) is 24.5 Å². The molecule has 0 bridgehead atoms. The number of aliphatic imine (C=N–C) groups is 1. The maximum Gasteiger partial charge on any atom is 0.191 e. The molecule has 6 nitrogen and oxygen atoms in total. The maximum atomic E-state index is 5.92. The van der Waals surface area contributed by atoms with Gasteiger partial charge in [0.1, 0.15) is 5.82 Å². The highest BCUT2D eigenvalue weighted by molar-refractivity contribution is 5.79. The number of imidazole rings is 1. The Morgan fingerprint density at radius 1 is 1.07 bits per heavy atom. The van der Waals surface area contributed by atoms with Gasteiger partial charge < -0.3 is 19.9 Å². The van der Waals surface area contributed by atoms with Crippen LogP contribution in [0.5, 0.6) is 0 Å². The summed E-state index contributed by atoms with van der Waals surface area (Å²) in [6.07, 6.45) is 4.85. The van der Waals surface area contributed by atoms with E-state index >= 15 is 0 Å². The average Bonchev–Trinajstić information content (AvgIpc) is 3.23. The smallest absolute Gasteiger partial charge is 0.191 e. The lowest BCUT2D eigenvalue weighted by Gasteiger charge is -2.15. The van der Waals surface area contributed by atoms with Crippen molar-refractivity contribution in [3.05, 3.63) is 90.0 Å². The fourth-order valence-corrected chi connectivity index (χ4v) is 3.17. The predicted octanol–water partition coefficient (Wildman–Crippen LogP) is 3.76. The summed E-state index contributed by atoms with van der Waals surface area (Å²) in [5.74, 6) is 1.74. The van der Waals surface area contributed by atoms with Gasteiger partial charge >= 0.3 is 0 Å². The monoisotopic (exact) mass is 405 g/mol. The summed E-state index contributed by atoms with van der Waals surface area (Å²) in [6.45, 7) is 4.99. The number of guanidine groups is 1. The highest BCUT2D eigenvalue weighted by Gasteiger charge is 2.06. The number of benzene rings is 2. The van der Waals surface area contributed by atoms with Crippen molar-refractivity contribution < 1.29 is 4.74 Å². The molecule has 0 spiro atoms. The number of hydrogen-bond acceptors (Lipinski definition) is 3. The summed E-state index contributed by atoms with van der Waals surface area (Å²) in [5.41, 5.74) is 2.46. The lowest BCUT2D eigenvalue weighted by molar-refractivity contribution is 0.0646. The van der Waals surface area contributed by atoms with Crippen molar-refractivity contribution in [2.75, 3.05) is 20.2 Å². The number of hydrogen-bond donors (Lipinski definition) is 2. The third-order valence-corrected chi connectivity index (χ3v) is 4.89. The van der Waals surface area contributed by atoms with Gasteiger partial charge in [-0.3, -0.25) is 4.99 Å². The van der Waals surface area contributed by atoms with Gasteiger partial charge in [0.25, 0.3) is 0 Å². The quantitative estimate of drug-likeness (QED) is 0.306. The van der Waals surface area contributed by atoms with Crippen LogP contribution in [0.2, 0.25) is 0 Å². The molecule has 1 atom stereocenters. The summed E-state index contributed by atoms with van der Waals surface area (Å²) in [4.78, 5) is 8.77. The van der Waals surface area contributed by atoms with Gasteiger partial charge in [-0.15, -0.1) is 0 Å². The van der Waals surface area contributed by atoms with Crippen LogP contribution in [0.15, 0.2) is 78.0 Å². The molecule has 1 aromatic heterocycles. The van der Waals surface area contributed by atoms with Crippen molar-refractivity contribution in [3.8, 4) is 0 Å². The van der Waals surface area contributed by atoms with Crippen LogP contribution in [0.1, 0.15) is 36.4 Å². The van der Waals surface area contributed by atoms with E-state index in [0.29, 0.717) is 13.2 Å². The van der Waals surface area contributed by atoms with E-state index in [-0.39, 0.29) is 6.10 Å². The Hall–Kier alpha value is -3.12. The molecule has 30 heavy (non-hydrogen) atoms. The summed E-state index contributed by atoms with van der Waals surface area (Å²) < 4.78 is 8.07. The van der Waals surface area contributed by atoms with Crippen LogP contribution in [-0.2, 0) is 17.8 Å². The molecule has 0 saturated heterocycles. The first-order valence-electron chi connectivity index (χ1n) is 10.4. The SMILES string of the molecule is CN=C(NCCCOC(C)c1ccccc1)NCc1nccn1Cc1ccccc1. The van der Waals surface area contributed by atoms with Crippen LogP contribution in [0.4, 0.5) is 0 Å². The first-order chi connectivity index (χ1) is 14.8. The third kappa shape index (κ3) is 6.74. The average molecular weight is 406 g/mol. The molecule has 6 heteroatoms. The Balaban J connectivity index is 1.37. The first-order valence-corrected chi connectivity index (χ1v) is 10.4. The van der Waals surface area contributed by atoms with E-state index in [1.807, 2.05) is 36.7 Å². The van der Waals surface area contributed by atoms with E-state index in [4.69, 9.17) is 4.74 Å². The number of nitrogens with zero attached hydrogens (tertiary/aromatic N) is 3. The lowest BCUT2D eigenvalue weighted by atomic mass is 10.1. The van der Waals surface area contributed by atoms with Crippen LogP contribution in [-0.4, -0.2) is 35.7 Å². The molecule has 1 unspecified atom stereocenters. The summed E-state index contributed by atoms with van der Waals surface area (Å²) in [5, 5.41) is 6.67. The highest BCUT2D eigenvalue weighted by Crippen LogP contribution is 2.15. The Kier molecular flexibility index (Phi) is 8.47. The standard InChI is InChI=1S/C24H31N5O/c1-20(22-12-7-4-8-13-22)30-17-9-14-27-24(25-2)28-18-23-26-15-16-29(23)19-21-10-5-3-6-11-21/h3-8,10-13,15-16,20H,9,14,17-19H2,1-2H3,(H2,25,27,28). The van der Waals surface area contributed by atoms with Gasteiger partial charge in [-0.1, -0.05) is 60.7 Å². The lowest BCUT2D eigenvalue weighted by Crippen LogP contribution is -2.38. The van der Waals surface area contributed by atoms with Crippen LogP contribution >= 0.6 is 0 Å². The number of nitrogens with one attached hydrogen (secondary N) is 2. The van der Waals surface area contributed by atoms with Gasteiger partial charge in [0.15, 0.2) is 5.96 Å². The van der Waals surface area contributed by atoms with Crippen molar-refractivity contribution >= 4 is 5.96 Å². The van der Waals surface area contributed by atoms with E-state index in [0.717, 1.165) is 31.3 Å². The molecule has 2 N–H and O–H groups in total. The zero-order valence-corrected chi connectivity index (χ0v) is 17.8. The normalized spacial score (nSPS) is 12.5. The molecule has 1 heterocycles. The summed E-state index contributed by atoms with van der Waals surface area (Å²) in [6, 6.07) is 20.7. The minimum Gasteiger partial charge on any atom is -0.374 e. The predicted molar refractivity (Wildman–Crippen MR) is 121 cm³/mol. The molecule has 0 saturated carbocycles. The Morgan fingerprint density at radius 2 is 1.80 bits per heavy atom. The Labute approximate surface area is 179 Å². The van der Waals surface area contributed by atoms with Gasteiger partial charge in [0, 0.05) is 39.1 Å². The maximum absolute atomic E-state index is 5.92. The molecule has 0 fully saturated rings. The minimum atomic E-state index is 0.104. The zero-order valence-electron chi connectivity index (χ0n) is 17.8. The van der Waals surface area contributed by atoms with Crippen LogP contribution in [0, 0.1) is 0 Å². The first kappa shape index (κ1) is 21.6. The fraction of sp³-hybridized carbons (Fsp3) is 0.333. The molecule has 0 aliphatic rings. The van der Waals surface area contributed by atoms with Crippen LogP contribution < -0.4 is 10.6 Å². The Bertz CT molecular complexity index is 892. The number of ether oxygens (including phenoxy) is 1. The second-order valence-corrected chi connectivity index (χ2v) is 7.09. The van der Waals surface area contributed by atoms with E-state index in [1.54, 1.807) is 7.05 Å². The van der Waals surface area contributed by atoms with Gasteiger partial charge in [-0.25, -0.2) is 4.98 Å². The molecule has 3 rings (SSSR count). The molecule has 0 aliphatic heterocycles. The van der Waals surface area contributed by atoms with E-state index < -0.39 is 0 Å². The van der Waals surface area contributed by atoms with Crippen LogP contribution in [0.25, 0.3) is 0 Å². The largest absolute Gasteiger partial charge is 0.374 e. The summed E-state index contributed by atoms with van der Waals surface area (Å²) in [7, 11) is 1.78. The molecular weight excluding hydrogens is 374 g/mol. The molecule has 0 radical (unpaired) electrons. The minimum absolute atomic E-state index is 0.104. The summed E-state index contributed by atoms with van der Waals surface area (Å²) >= 11 is 0. The van der Waals surface area contributed by atoms with Crippen molar-refractivity contribution in [2.45, 2.75) is 32.5 Å². The molecule has 0 aliphatic carbocycles. The second kappa shape index (κ2) is 11.8. The van der Waals surface area contributed by atoms with Crippen molar-refractivity contribution in [3.63, 3.8) is 0 Å². The van der Waals surface area contributed by atoms with E-state index in [9.17, 15) is 0 Å². The van der Waals surface area contributed by atoms with Crippen molar-refractivity contribution in [1.82, 2.24) is 20.2 Å². The topological polar surface area (TPSA) is 63.5 Å². The van der Waals surface area contributed by atoms with Crippen LogP contribution in [0.3, 0.4) is 0 Å². The van der Waals surface area contributed by atoms with Gasteiger partial charge in [0.2, 0.25) is 0 Å². The van der Waals surface area contributed by atoms with Crippen molar-refractivity contribution in [1.29, 1.82) is 0 Å². The van der Waals surface area contributed by atoms with Crippen molar-refractivity contribution in [2.24, 2.45) is 4.99 Å². The van der Waals surface area contributed by atoms with Gasteiger partial charge in [0.05, 0.1) is 12.6 Å². The second-order valence-electron chi connectivity index (χ2n) is 7.09. The van der Waals surface area contributed by atoms with E-state index in [1.165, 1.54) is 11.1 Å². The number of aromatic nitrogens is 2. The van der Waals surface area contributed by atoms with Gasteiger partial charge in [-0.2, -0.15) is 0 Å². The molecule has 3 aromatic rings. The molecule has 2 aromatic carbocycles. The Morgan fingerprint density at radius 3 is 2.53 bits per heavy atom. The molecular formula is C24H31N5O. The fourth-order valence-electron chi connectivity index (χ4n) is 3.17.